The average Bonchev–Trinajstić information content (AvgIpc) is 3.54. The summed E-state index contributed by atoms with van der Waals surface area (Å²) >= 11 is 2.06. The maximum Gasteiger partial charge on any atom is 0.152 e. The van der Waals surface area contributed by atoms with E-state index in [1.165, 1.54) is 154 Å². The summed E-state index contributed by atoms with van der Waals surface area (Å²) in [5, 5.41) is 3.27. The van der Waals surface area contributed by atoms with Crippen molar-refractivity contribution in [2.75, 3.05) is 210 Å². The number of thioether (sulfide) groups is 1. The molecule has 0 aromatic heterocycles. The van der Waals surface area contributed by atoms with Crippen LogP contribution in [0, 0.1) is 0 Å². The maximum atomic E-state index is 10.8. The van der Waals surface area contributed by atoms with E-state index in [2.05, 4.69) is 101 Å². The number of piperidine rings is 1. The quantitative estimate of drug-likeness (QED) is 0.389. The van der Waals surface area contributed by atoms with Crippen LogP contribution in [0.3, 0.4) is 0 Å². The number of rotatable bonds is 0. The Morgan fingerprint density at radius 1 is 0.375 bits per heavy atom. The number of sulfone groups is 1. The molecule has 0 unspecified atom stereocenters. The molecule has 0 atom stereocenters. The Morgan fingerprint density at radius 2 is 0.679 bits per heavy atom. The van der Waals surface area contributed by atoms with Crippen molar-refractivity contribution in [2.45, 2.75) is 64.2 Å². The molecule has 56 heavy (non-hydrogen) atoms. The van der Waals surface area contributed by atoms with Gasteiger partial charge in [-0.05, 0) is 154 Å². The van der Waals surface area contributed by atoms with E-state index in [0.717, 1.165) is 39.4 Å². The van der Waals surface area contributed by atoms with Crippen molar-refractivity contribution in [3.8, 4) is 0 Å². The highest BCUT2D eigenvalue weighted by Gasteiger charge is 2.18. The van der Waals surface area contributed by atoms with Crippen molar-refractivity contribution in [3.63, 3.8) is 0 Å². The first kappa shape index (κ1) is 53.9. The Labute approximate surface area is 352 Å². The van der Waals surface area contributed by atoms with Crippen LogP contribution >= 0.6 is 11.8 Å². The summed E-state index contributed by atoms with van der Waals surface area (Å²) in [7, 11) is 14.5. The molecular formula is C42H93N9O3S2. The van der Waals surface area contributed by atoms with Crippen molar-refractivity contribution in [3.05, 3.63) is 0 Å². The van der Waals surface area contributed by atoms with Gasteiger partial charge in [0.25, 0.3) is 0 Å². The molecule has 0 bridgehead atoms. The standard InChI is InChI=1S/C7H15N.C6H13N.C5H12N2.C5H11NO2S.C5H11NO.C5H11NS.C5H11N.C4H9N/c1-8-6-4-2-3-5-7-8;1-7-5-3-2-4-6-7;1-7-4-2-6-3-5-7;1-6-2-4-9(7,8)5-3-6;2*1-6-2-4-7-5-3-6;1-6-4-2-3-5-6;1-5-3-2-4-5/h2-7H2,1H3;2-6H2,1H3;6H,2-5H2,1H3;2-5H2,1H3;2*2-5H2,1H3;2-5H2,1H3;2-4H2,1H3. The largest absolute Gasteiger partial charge is 0.379 e. The fourth-order valence-corrected chi connectivity index (χ4v) is 8.99. The number of piperazine rings is 1. The third-order valence-electron chi connectivity index (χ3n) is 11.2. The van der Waals surface area contributed by atoms with Gasteiger partial charge in [0.15, 0.2) is 9.84 Å². The molecule has 8 heterocycles. The van der Waals surface area contributed by atoms with Crippen molar-refractivity contribution in [2.24, 2.45) is 0 Å². The van der Waals surface area contributed by atoms with Crippen LogP contribution < -0.4 is 5.32 Å². The number of nitrogens with one attached hydrogen (secondary N) is 1. The lowest BCUT2D eigenvalue weighted by Gasteiger charge is -2.24. The molecule has 0 radical (unpaired) electrons. The van der Waals surface area contributed by atoms with Crippen LogP contribution in [0.2, 0.25) is 0 Å². The second-order valence-electron chi connectivity index (χ2n) is 17.1. The van der Waals surface area contributed by atoms with Gasteiger partial charge in [-0.15, -0.1) is 0 Å². The first-order valence-corrected chi connectivity index (χ1v) is 25.4. The van der Waals surface area contributed by atoms with Gasteiger partial charge >= 0.3 is 0 Å². The molecule has 8 saturated heterocycles. The van der Waals surface area contributed by atoms with Crippen LogP contribution in [0.1, 0.15) is 64.2 Å². The van der Waals surface area contributed by atoms with Gasteiger partial charge in [-0.3, -0.25) is 0 Å². The first-order chi connectivity index (χ1) is 26.9. The Morgan fingerprint density at radius 3 is 0.929 bits per heavy atom. The molecule has 0 amide bonds. The van der Waals surface area contributed by atoms with Crippen LogP contribution in [0.5, 0.6) is 0 Å². The van der Waals surface area contributed by atoms with E-state index in [1.54, 1.807) is 0 Å². The minimum absolute atomic E-state index is 0.337. The van der Waals surface area contributed by atoms with E-state index in [9.17, 15) is 8.42 Å². The number of ether oxygens (including phenoxy) is 1. The highest BCUT2D eigenvalue weighted by Crippen LogP contribution is 2.08. The van der Waals surface area contributed by atoms with Crippen LogP contribution in [0.25, 0.3) is 0 Å². The number of hydrogen-bond donors (Lipinski definition) is 1. The summed E-state index contributed by atoms with van der Waals surface area (Å²) in [4.78, 5) is 18.5. The maximum absolute atomic E-state index is 10.8. The fourth-order valence-electron chi connectivity index (χ4n) is 6.52. The lowest BCUT2D eigenvalue weighted by molar-refractivity contribution is 0.0503. The number of hydrogen-bond acceptors (Lipinski definition) is 13. The predicted molar refractivity (Wildman–Crippen MR) is 246 cm³/mol. The lowest BCUT2D eigenvalue weighted by atomic mass is 10.1. The topological polar surface area (TPSA) is 81.3 Å². The average molecular weight is 836 g/mol. The molecular weight excluding hydrogens is 743 g/mol. The van der Waals surface area contributed by atoms with Crippen LogP contribution in [0.4, 0.5) is 0 Å². The number of morpholine rings is 1. The van der Waals surface area contributed by atoms with Gasteiger partial charge in [-0.2, -0.15) is 11.8 Å². The third kappa shape index (κ3) is 34.7. The minimum Gasteiger partial charge on any atom is -0.379 e. The molecule has 1 N–H and O–H groups in total. The Hall–Kier alpha value is -0.100. The molecule has 8 aliphatic rings. The van der Waals surface area contributed by atoms with Gasteiger partial charge in [-0.25, -0.2) is 8.42 Å². The SMILES string of the molecule is CN1CCC1.CN1CCCC1.CN1CCCCC1.CN1CCCCCC1.CN1CCNCC1.CN1CCOCC1.CN1CCS(=O)(=O)CC1.CN1CCSCC1. The van der Waals surface area contributed by atoms with Crippen molar-refractivity contribution < 1.29 is 13.2 Å². The van der Waals surface area contributed by atoms with Gasteiger partial charge < -0.3 is 49.3 Å². The van der Waals surface area contributed by atoms with Gasteiger partial charge in [0, 0.05) is 77.0 Å². The van der Waals surface area contributed by atoms with Gasteiger partial charge in [0.05, 0.1) is 24.7 Å². The predicted octanol–water partition coefficient (Wildman–Crippen LogP) is 3.11. The number of likely N-dealkylation sites (tertiary alicyclic amines) is 4. The van der Waals surface area contributed by atoms with Crippen molar-refractivity contribution >= 4 is 21.6 Å². The molecule has 12 nitrogen and oxygen atoms in total. The van der Waals surface area contributed by atoms with E-state index < -0.39 is 9.84 Å². The molecule has 8 fully saturated rings. The molecule has 0 aliphatic carbocycles. The molecule has 0 aromatic carbocycles. The zero-order chi connectivity index (χ0) is 41.3. The summed E-state index contributed by atoms with van der Waals surface area (Å²) < 4.78 is 26.6. The summed E-state index contributed by atoms with van der Waals surface area (Å²) in [6, 6.07) is 0. The molecule has 14 heteroatoms. The summed E-state index contributed by atoms with van der Waals surface area (Å²) in [6.45, 7) is 23.3. The first-order valence-electron chi connectivity index (χ1n) is 22.4. The highest BCUT2D eigenvalue weighted by atomic mass is 32.2. The zero-order valence-corrected chi connectivity index (χ0v) is 39.8. The number of likely N-dealkylation sites (N-methyl/N-ethyl adjacent to an activating group) is 2. The van der Waals surface area contributed by atoms with Crippen LogP contribution in [-0.2, 0) is 14.6 Å². The molecule has 0 saturated carbocycles. The van der Waals surface area contributed by atoms with E-state index in [1.807, 2.05) is 11.9 Å². The smallest absolute Gasteiger partial charge is 0.152 e. The second kappa shape index (κ2) is 35.6. The van der Waals surface area contributed by atoms with Crippen molar-refractivity contribution in [1.29, 1.82) is 0 Å². The Bertz CT molecular complexity index is 867. The highest BCUT2D eigenvalue weighted by molar-refractivity contribution is 7.99. The normalized spacial score (nSPS) is 25.8. The lowest BCUT2D eigenvalue weighted by Crippen LogP contribution is -2.40. The van der Waals surface area contributed by atoms with E-state index in [-0.39, 0.29) is 0 Å². The van der Waals surface area contributed by atoms with Gasteiger partial charge in [-0.1, -0.05) is 19.3 Å². The van der Waals surface area contributed by atoms with E-state index in [0.29, 0.717) is 24.6 Å². The van der Waals surface area contributed by atoms with Crippen LogP contribution in [0.15, 0.2) is 0 Å². The second-order valence-corrected chi connectivity index (χ2v) is 20.6. The number of nitrogens with zero attached hydrogens (tertiary/aromatic N) is 8. The molecule has 336 valence electrons. The van der Waals surface area contributed by atoms with E-state index >= 15 is 0 Å². The van der Waals surface area contributed by atoms with Crippen LogP contribution in [-0.4, -0.2) is 258 Å². The summed E-state index contributed by atoms with van der Waals surface area (Å²) in [6.07, 6.45) is 14.2. The van der Waals surface area contributed by atoms with Crippen molar-refractivity contribution in [1.82, 2.24) is 44.5 Å². The van der Waals surface area contributed by atoms with Gasteiger partial charge in [0.1, 0.15) is 0 Å². The fraction of sp³-hybridized carbons (Fsp3) is 1.00. The van der Waals surface area contributed by atoms with E-state index in [4.69, 9.17) is 4.74 Å². The Balaban J connectivity index is 0.000000321. The minimum atomic E-state index is -2.66. The van der Waals surface area contributed by atoms with Gasteiger partial charge in [0.2, 0.25) is 0 Å². The zero-order valence-electron chi connectivity index (χ0n) is 38.2. The summed E-state index contributed by atoms with van der Waals surface area (Å²) in [5.41, 5.74) is 0. The molecule has 8 rings (SSSR count). The third-order valence-corrected chi connectivity index (χ3v) is 13.7. The molecule has 0 spiro atoms. The monoisotopic (exact) mass is 836 g/mol. The summed E-state index contributed by atoms with van der Waals surface area (Å²) in [5.74, 6) is 3.33. The molecule has 0 aromatic rings. The molecule has 8 aliphatic heterocycles. The Kier molecular flexibility index (Phi) is 34.3.